The Bertz CT molecular complexity index is 1080. The summed E-state index contributed by atoms with van der Waals surface area (Å²) in [4.78, 5) is 28.2. The smallest absolute Gasteiger partial charge is 0.228 e. The molecule has 0 unspecified atom stereocenters. The largest absolute Gasteiger partial charge is 0.345 e. The second-order valence-electron chi connectivity index (χ2n) is 9.40. The summed E-state index contributed by atoms with van der Waals surface area (Å²) in [5, 5.41) is 3.74. The first-order valence-electron chi connectivity index (χ1n) is 11.1. The van der Waals surface area contributed by atoms with Crippen LogP contribution in [0.4, 0.5) is 5.69 Å². The van der Waals surface area contributed by atoms with Crippen LogP contribution in [-0.4, -0.2) is 30.3 Å². The molecule has 3 aliphatic carbocycles. The Morgan fingerprint density at radius 1 is 1.09 bits per heavy atom. The molecule has 6 heteroatoms. The van der Waals surface area contributed by atoms with Gasteiger partial charge < -0.3 is 10.2 Å². The fourth-order valence-corrected chi connectivity index (χ4v) is 6.36. The molecule has 2 fully saturated rings. The van der Waals surface area contributed by atoms with Crippen LogP contribution in [0.1, 0.15) is 18.4 Å². The van der Waals surface area contributed by atoms with Crippen LogP contribution in [0.25, 0.3) is 0 Å². The number of hydrogen-bond acceptors (Lipinski definition) is 2. The van der Waals surface area contributed by atoms with Gasteiger partial charge >= 0.3 is 0 Å². The zero-order valence-electron chi connectivity index (χ0n) is 17.9. The number of amides is 2. The summed E-state index contributed by atoms with van der Waals surface area (Å²) in [6.07, 6.45) is 7.17. The molecule has 32 heavy (non-hydrogen) atoms. The Morgan fingerprint density at radius 3 is 2.47 bits per heavy atom. The van der Waals surface area contributed by atoms with Gasteiger partial charge in [0.05, 0.1) is 12.3 Å². The van der Waals surface area contributed by atoms with E-state index in [1.54, 1.807) is 4.90 Å². The number of carbonyl (C=O) groups excluding carboxylic acids is 2. The number of nitrogens with one attached hydrogen (secondary N) is 1. The summed E-state index contributed by atoms with van der Waals surface area (Å²) in [7, 11) is 1.85. The molecule has 2 saturated carbocycles. The van der Waals surface area contributed by atoms with Crippen LogP contribution in [0.3, 0.4) is 0 Å². The Morgan fingerprint density at radius 2 is 1.78 bits per heavy atom. The number of rotatable bonds is 6. The van der Waals surface area contributed by atoms with Gasteiger partial charge in [-0.1, -0.05) is 57.9 Å². The molecule has 1 N–H and O–H groups in total. The van der Waals surface area contributed by atoms with E-state index in [1.165, 1.54) is 12.8 Å². The van der Waals surface area contributed by atoms with Crippen molar-refractivity contribution in [2.45, 2.75) is 19.3 Å². The van der Waals surface area contributed by atoms with Crippen molar-refractivity contribution in [3.63, 3.8) is 0 Å². The van der Waals surface area contributed by atoms with Crippen molar-refractivity contribution in [3.05, 3.63) is 75.7 Å². The van der Waals surface area contributed by atoms with E-state index in [9.17, 15) is 9.59 Å². The van der Waals surface area contributed by atoms with E-state index in [1.807, 2.05) is 55.6 Å². The van der Waals surface area contributed by atoms with Crippen molar-refractivity contribution in [2.24, 2.45) is 29.1 Å². The molecular weight excluding hydrogens is 488 g/mol. The molecule has 0 heterocycles. The lowest BCUT2D eigenvalue weighted by atomic mass is 9.82. The van der Waals surface area contributed by atoms with Crippen molar-refractivity contribution in [1.82, 2.24) is 4.90 Å². The summed E-state index contributed by atoms with van der Waals surface area (Å²) in [6.45, 7) is 0.578. The van der Waals surface area contributed by atoms with Gasteiger partial charge in [0, 0.05) is 28.8 Å². The third kappa shape index (κ3) is 3.80. The lowest BCUT2D eigenvalue weighted by Crippen LogP contribution is -2.41. The fourth-order valence-electron chi connectivity index (χ4n) is 5.89. The topological polar surface area (TPSA) is 49.4 Å². The van der Waals surface area contributed by atoms with Crippen molar-refractivity contribution in [1.29, 1.82) is 0 Å². The first-order chi connectivity index (χ1) is 15.4. The molecular formula is C26H26BrClN2O2. The normalized spacial score (nSPS) is 26.3. The van der Waals surface area contributed by atoms with Crippen molar-refractivity contribution in [3.8, 4) is 0 Å². The molecule has 2 aromatic rings. The zero-order chi connectivity index (χ0) is 22.5. The molecule has 3 aliphatic rings. The number of hydrogen-bond donors (Lipinski definition) is 1. The van der Waals surface area contributed by atoms with E-state index >= 15 is 0 Å². The van der Waals surface area contributed by atoms with Crippen LogP contribution in [0.15, 0.2) is 65.2 Å². The Labute approximate surface area is 202 Å². The van der Waals surface area contributed by atoms with Gasteiger partial charge in [-0.05, 0) is 71.9 Å². The molecule has 0 aliphatic heterocycles. The second kappa shape index (κ2) is 8.35. The molecule has 5 rings (SSSR count). The molecule has 1 spiro atoms. The minimum Gasteiger partial charge on any atom is -0.345 e. The molecule has 2 amide bonds. The number of anilines is 1. The quantitative estimate of drug-likeness (QED) is 0.513. The number of nitrogens with zero attached hydrogens (tertiary/aromatic N) is 1. The van der Waals surface area contributed by atoms with Gasteiger partial charge in [-0.15, -0.1) is 0 Å². The van der Waals surface area contributed by atoms with Crippen molar-refractivity contribution >= 4 is 45.0 Å². The first kappa shape index (κ1) is 21.7. The highest BCUT2D eigenvalue weighted by molar-refractivity contribution is 9.10. The van der Waals surface area contributed by atoms with Gasteiger partial charge in [0.15, 0.2) is 0 Å². The maximum absolute atomic E-state index is 13.4. The molecule has 0 aromatic heterocycles. The van der Waals surface area contributed by atoms with E-state index < -0.39 is 0 Å². The maximum Gasteiger partial charge on any atom is 0.228 e. The van der Waals surface area contributed by atoms with Crippen LogP contribution in [0.5, 0.6) is 0 Å². The Balaban J connectivity index is 1.32. The van der Waals surface area contributed by atoms with Gasteiger partial charge in [-0.25, -0.2) is 0 Å². The lowest BCUT2D eigenvalue weighted by molar-refractivity contribution is -0.131. The zero-order valence-corrected chi connectivity index (χ0v) is 20.3. The molecule has 2 bridgehead atoms. The average Bonchev–Trinajstić information content (AvgIpc) is 3.44. The van der Waals surface area contributed by atoms with Gasteiger partial charge in [-0.2, -0.15) is 0 Å². The number of allylic oxidation sites excluding steroid dienone is 2. The minimum atomic E-state index is -0.119. The predicted molar refractivity (Wildman–Crippen MR) is 130 cm³/mol. The molecule has 4 atom stereocenters. The highest BCUT2D eigenvalue weighted by Crippen LogP contribution is 2.72. The van der Waals surface area contributed by atoms with Crippen LogP contribution >= 0.6 is 27.5 Å². The van der Waals surface area contributed by atoms with Gasteiger partial charge in [0.25, 0.3) is 0 Å². The Hall–Kier alpha value is -2.11. The van der Waals surface area contributed by atoms with E-state index in [4.69, 9.17) is 11.6 Å². The molecule has 0 radical (unpaired) electrons. The third-order valence-corrected chi connectivity index (χ3v) is 8.51. The summed E-state index contributed by atoms with van der Waals surface area (Å²) in [6, 6.07) is 15.1. The van der Waals surface area contributed by atoms with Crippen LogP contribution in [0.2, 0.25) is 5.02 Å². The molecule has 4 nitrogen and oxygen atoms in total. The van der Waals surface area contributed by atoms with E-state index in [-0.39, 0.29) is 41.4 Å². The highest BCUT2D eigenvalue weighted by Gasteiger charge is 2.68. The molecule has 2 aromatic carbocycles. The average molecular weight is 514 g/mol. The third-order valence-electron chi connectivity index (χ3n) is 7.61. The molecule has 166 valence electrons. The number of likely N-dealkylation sites (N-methyl/N-ethyl adjacent to an activating group) is 1. The predicted octanol–water partition coefficient (Wildman–Crippen LogP) is 5.57. The molecule has 0 saturated heterocycles. The SMILES string of the molecule is CN(C[C@H]1[C@H](C(=O)Nc2ccc(Br)cc2)[C@@H]2C=C[C@H]1C21CC1)C(=O)Cc1ccccc1Cl. The van der Waals surface area contributed by atoms with Crippen LogP contribution in [0, 0.1) is 29.1 Å². The second-order valence-corrected chi connectivity index (χ2v) is 10.7. The van der Waals surface area contributed by atoms with E-state index in [0.29, 0.717) is 17.5 Å². The summed E-state index contributed by atoms with van der Waals surface area (Å²) in [5.41, 5.74) is 1.87. The fraction of sp³-hybridized carbons (Fsp3) is 0.385. The minimum absolute atomic E-state index is 0.0294. The van der Waals surface area contributed by atoms with E-state index in [0.717, 1.165) is 15.7 Å². The number of benzene rings is 2. The van der Waals surface area contributed by atoms with Crippen LogP contribution < -0.4 is 5.32 Å². The maximum atomic E-state index is 13.4. The van der Waals surface area contributed by atoms with Crippen LogP contribution in [-0.2, 0) is 16.0 Å². The van der Waals surface area contributed by atoms with Crippen molar-refractivity contribution in [2.75, 3.05) is 18.9 Å². The standard InChI is InChI=1S/C26H26BrClN2O2/c1-30(23(31)14-16-4-2-3-5-22(16)28)15-19-20-10-11-21(26(20)12-13-26)24(19)25(32)29-18-8-6-17(27)7-9-18/h2-11,19-21,24H,12-15H2,1H3,(H,29,32)/t19-,20-,21+,24+/m1/s1. The van der Waals surface area contributed by atoms with Gasteiger partial charge in [0.2, 0.25) is 11.8 Å². The number of carbonyl (C=O) groups is 2. The Kier molecular flexibility index (Phi) is 5.67. The summed E-state index contributed by atoms with van der Waals surface area (Å²) >= 11 is 9.69. The lowest BCUT2D eigenvalue weighted by Gasteiger charge is -2.31. The highest BCUT2D eigenvalue weighted by atomic mass is 79.9. The van der Waals surface area contributed by atoms with Gasteiger partial charge in [-0.3, -0.25) is 9.59 Å². The monoisotopic (exact) mass is 512 g/mol. The van der Waals surface area contributed by atoms with Gasteiger partial charge in [0.1, 0.15) is 0 Å². The first-order valence-corrected chi connectivity index (χ1v) is 12.3. The summed E-state index contributed by atoms with van der Waals surface area (Å²) < 4.78 is 0.979. The van der Waals surface area contributed by atoms with Crippen molar-refractivity contribution < 1.29 is 9.59 Å². The summed E-state index contributed by atoms with van der Waals surface area (Å²) in [5.74, 6) is 0.729. The van der Waals surface area contributed by atoms with E-state index in [2.05, 4.69) is 33.4 Å². The number of halogens is 2.